The second kappa shape index (κ2) is 12.3. The molecule has 0 spiro atoms. The number of carbonyl (C=O) groups excluding carboxylic acids is 3. The van der Waals surface area contributed by atoms with Crippen molar-refractivity contribution in [3.63, 3.8) is 0 Å². The van der Waals surface area contributed by atoms with Gasteiger partial charge in [-0.15, -0.1) is 0 Å². The van der Waals surface area contributed by atoms with Gasteiger partial charge in [-0.05, 0) is 112 Å². The Kier molecular flexibility index (Phi) is 8.40. The molecular formula is C33H35N5O4. The minimum absolute atomic E-state index is 0.0765. The number of piperidine rings is 1. The van der Waals surface area contributed by atoms with E-state index in [-0.39, 0.29) is 23.7 Å². The molecule has 42 heavy (non-hydrogen) atoms. The number of amides is 2. The monoisotopic (exact) mass is 565 g/mol. The highest BCUT2D eigenvalue weighted by molar-refractivity contribution is 6.07. The topological polar surface area (TPSA) is 127 Å². The van der Waals surface area contributed by atoms with Crippen molar-refractivity contribution in [2.24, 2.45) is 0 Å². The molecule has 3 aromatic carbocycles. The van der Waals surface area contributed by atoms with Crippen molar-refractivity contribution < 1.29 is 19.5 Å². The SMILES string of the molecule is CC(=O)c1c(C)[nH]c(C(=O)Nc2ccc(Nc3ccc(NC(=O)c4ccc(N5CCC(O)CC5)cc4)cc3)cc2)c1C. The minimum atomic E-state index is -0.305. The summed E-state index contributed by atoms with van der Waals surface area (Å²) in [4.78, 5) is 42.7. The molecule has 2 amide bonds. The molecule has 0 unspecified atom stereocenters. The van der Waals surface area contributed by atoms with Crippen LogP contribution in [-0.4, -0.2) is 46.9 Å². The molecule has 9 heteroatoms. The third-order valence-electron chi connectivity index (χ3n) is 7.55. The lowest BCUT2D eigenvalue weighted by molar-refractivity contribution is 0.101. The lowest BCUT2D eigenvalue weighted by Gasteiger charge is -2.31. The van der Waals surface area contributed by atoms with E-state index in [0.717, 1.165) is 43.0 Å². The zero-order valence-electron chi connectivity index (χ0n) is 24.0. The van der Waals surface area contributed by atoms with Gasteiger partial charge in [0.1, 0.15) is 5.69 Å². The first-order chi connectivity index (χ1) is 20.2. The van der Waals surface area contributed by atoms with Gasteiger partial charge in [0.15, 0.2) is 5.78 Å². The van der Waals surface area contributed by atoms with Crippen molar-refractivity contribution in [3.8, 4) is 0 Å². The molecule has 4 aromatic rings. The van der Waals surface area contributed by atoms with Crippen LogP contribution in [-0.2, 0) is 0 Å². The molecule has 0 saturated carbocycles. The summed E-state index contributed by atoms with van der Waals surface area (Å²) in [6.45, 7) is 6.66. The van der Waals surface area contributed by atoms with Crippen LogP contribution >= 0.6 is 0 Å². The first kappa shape index (κ1) is 28.6. The number of ketones is 1. The van der Waals surface area contributed by atoms with Crippen LogP contribution in [0.25, 0.3) is 0 Å². The molecule has 0 aliphatic carbocycles. The Labute approximate surface area is 245 Å². The second-order valence-electron chi connectivity index (χ2n) is 10.6. The quantitative estimate of drug-likeness (QED) is 0.166. The highest BCUT2D eigenvalue weighted by Gasteiger charge is 2.20. The number of H-pyrrole nitrogens is 1. The molecule has 1 aromatic heterocycles. The Bertz CT molecular complexity index is 1580. The average molecular weight is 566 g/mol. The number of benzene rings is 3. The van der Waals surface area contributed by atoms with E-state index in [4.69, 9.17) is 0 Å². The molecule has 0 atom stereocenters. The number of aliphatic hydroxyl groups is 1. The van der Waals surface area contributed by atoms with Gasteiger partial charge >= 0.3 is 0 Å². The molecule has 0 bridgehead atoms. The predicted octanol–water partition coefficient (Wildman–Crippen LogP) is 6.04. The predicted molar refractivity (Wildman–Crippen MR) is 166 cm³/mol. The first-order valence-corrected chi connectivity index (χ1v) is 14.0. The number of rotatable bonds is 8. The van der Waals surface area contributed by atoms with Crippen LogP contribution in [0.2, 0.25) is 0 Å². The molecule has 1 saturated heterocycles. The van der Waals surface area contributed by atoms with E-state index in [2.05, 4.69) is 25.8 Å². The fourth-order valence-electron chi connectivity index (χ4n) is 5.29. The van der Waals surface area contributed by atoms with Crippen molar-refractivity contribution in [1.82, 2.24) is 4.98 Å². The van der Waals surface area contributed by atoms with Gasteiger partial charge in [0.25, 0.3) is 11.8 Å². The molecule has 216 valence electrons. The zero-order chi connectivity index (χ0) is 29.8. The van der Waals surface area contributed by atoms with Crippen LogP contribution in [0.4, 0.5) is 28.4 Å². The number of aromatic amines is 1. The van der Waals surface area contributed by atoms with E-state index in [9.17, 15) is 19.5 Å². The van der Waals surface area contributed by atoms with E-state index in [1.807, 2.05) is 60.7 Å². The summed E-state index contributed by atoms with van der Waals surface area (Å²) >= 11 is 0. The highest BCUT2D eigenvalue weighted by Crippen LogP contribution is 2.24. The molecule has 2 heterocycles. The lowest BCUT2D eigenvalue weighted by Crippen LogP contribution is -2.35. The van der Waals surface area contributed by atoms with Gasteiger partial charge in [-0.1, -0.05) is 0 Å². The van der Waals surface area contributed by atoms with Crippen LogP contribution < -0.4 is 20.9 Å². The Morgan fingerprint density at radius 3 is 1.76 bits per heavy atom. The summed E-state index contributed by atoms with van der Waals surface area (Å²) in [6, 6.07) is 22.3. The van der Waals surface area contributed by atoms with Crippen LogP contribution in [0, 0.1) is 13.8 Å². The van der Waals surface area contributed by atoms with Crippen molar-refractivity contribution >= 4 is 46.0 Å². The third-order valence-corrected chi connectivity index (χ3v) is 7.55. The smallest absolute Gasteiger partial charge is 0.272 e. The van der Waals surface area contributed by atoms with Crippen LogP contribution in [0.15, 0.2) is 72.8 Å². The number of hydrogen-bond donors (Lipinski definition) is 5. The van der Waals surface area contributed by atoms with Gasteiger partial charge in [-0.25, -0.2) is 0 Å². The van der Waals surface area contributed by atoms with Gasteiger partial charge in [0.2, 0.25) is 0 Å². The zero-order valence-corrected chi connectivity index (χ0v) is 24.0. The molecule has 5 N–H and O–H groups in total. The van der Waals surface area contributed by atoms with Crippen LogP contribution in [0.3, 0.4) is 0 Å². The summed E-state index contributed by atoms with van der Waals surface area (Å²) in [5.41, 5.74) is 6.86. The Hall–Kier alpha value is -4.89. The average Bonchev–Trinajstić information content (AvgIpc) is 3.29. The van der Waals surface area contributed by atoms with E-state index in [1.165, 1.54) is 6.92 Å². The highest BCUT2D eigenvalue weighted by atomic mass is 16.3. The lowest BCUT2D eigenvalue weighted by atomic mass is 10.1. The minimum Gasteiger partial charge on any atom is -0.393 e. The number of hydrogen-bond acceptors (Lipinski definition) is 6. The molecule has 0 radical (unpaired) electrons. The normalized spacial score (nSPS) is 13.5. The molecule has 1 aliphatic rings. The van der Waals surface area contributed by atoms with E-state index in [1.54, 1.807) is 26.0 Å². The van der Waals surface area contributed by atoms with Gasteiger partial charge in [-0.2, -0.15) is 0 Å². The molecule has 9 nitrogen and oxygen atoms in total. The fourth-order valence-corrected chi connectivity index (χ4v) is 5.29. The van der Waals surface area contributed by atoms with Gasteiger partial charge in [0, 0.05) is 58.3 Å². The Morgan fingerprint density at radius 2 is 1.26 bits per heavy atom. The van der Waals surface area contributed by atoms with Gasteiger partial charge in [0.05, 0.1) is 6.10 Å². The number of carbonyl (C=O) groups is 3. The van der Waals surface area contributed by atoms with Crippen molar-refractivity contribution in [2.75, 3.05) is 33.9 Å². The number of aromatic nitrogens is 1. The largest absolute Gasteiger partial charge is 0.393 e. The summed E-state index contributed by atoms with van der Waals surface area (Å²) < 4.78 is 0. The first-order valence-electron chi connectivity index (χ1n) is 14.0. The maximum Gasteiger partial charge on any atom is 0.272 e. The third kappa shape index (κ3) is 6.53. The fraction of sp³-hybridized carbons (Fsp3) is 0.242. The summed E-state index contributed by atoms with van der Waals surface area (Å²) in [7, 11) is 0. The number of aliphatic hydroxyl groups excluding tert-OH is 1. The standard InChI is InChI=1S/C33H35N5O4/c1-20-30(22(3)39)21(2)34-31(20)33(42)37-27-12-8-25(9-13-27)35-24-6-10-26(11-7-24)36-32(41)23-4-14-28(15-5-23)38-18-16-29(40)17-19-38/h4-15,29,34-35,40H,16-19H2,1-3H3,(H,36,41)(H,37,42). The molecule has 1 fully saturated rings. The Balaban J connectivity index is 1.14. The van der Waals surface area contributed by atoms with Gasteiger partial charge < -0.3 is 30.9 Å². The number of aryl methyl sites for hydroxylation is 1. The van der Waals surface area contributed by atoms with Crippen molar-refractivity contribution in [2.45, 2.75) is 39.7 Å². The van der Waals surface area contributed by atoms with E-state index in [0.29, 0.717) is 39.5 Å². The number of Topliss-reactive ketones (excluding diaryl/α,β-unsaturated/α-hetero) is 1. The summed E-state index contributed by atoms with van der Waals surface area (Å²) in [6.07, 6.45) is 1.30. The molecular weight excluding hydrogens is 530 g/mol. The van der Waals surface area contributed by atoms with Crippen LogP contribution in [0.5, 0.6) is 0 Å². The van der Waals surface area contributed by atoms with Gasteiger partial charge in [-0.3, -0.25) is 14.4 Å². The van der Waals surface area contributed by atoms with Crippen LogP contribution in [0.1, 0.15) is 62.2 Å². The Morgan fingerprint density at radius 1 is 0.762 bits per heavy atom. The maximum atomic E-state index is 12.8. The summed E-state index contributed by atoms with van der Waals surface area (Å²) in [5, 5.41) is 18.8. The number of nitrogens with zero attached hydrogens (tertiary/aromatic N) is 1. The maximum absolute atomic E-state index is 12.8. The van der Waals surface area contributed by atoms with E-state index >= 15 is 0 Å². The van der Waals surface area contributed by atoms with Crippen molar-refractivity contribution in [3.05, 3.63) is 101 Å². The molecule has 5 rings (SSSR count). The van der Waals surface area contributed by atoms with E-state index < -0.39 is 0 Å². The summed E-state index contributed by atoms with van der Waals surface area (Å²) in [5.74, 6) is -0.566. The number of nitrogens with one attached hydrogen (secondary N) is 4. The van der Waals surface area contributed by atoms with Crippen molar-refractivity contribution in [1.29, 1.82) is 0 Å². The second-order valence-corrected chi connectivity index (χ2v) is 10.6. The molecule has 1 aliphatic heterocycles. The number of anilines is 5.